The summed E-state index contributed by atoms with van der Waals surface area (Å²) in [7, 11) is -2.86. The zero-order valence-corrected chi connectivity index (χ0v) is 12.2. The van der Waals surface area contributed by atoms with Gasteiger partial charge in [-0.3, -0.25) is 0 Å². The molecule has 98 valence electrons. The van der Waals surface area contributed by atoms with Crippen molar-refractivity contribution in [2.45, 2.75) is 32.7 Å². The van der Waals surface area contributed by atoms with Crippen LogP contribution in [-0.2, 0) is 9.84 Å². The van der Waals surface area contributed by atoms with E-state index >= 15 is 0 Å². The molecular formula is C11H20N2O2S2. The first-order valence-corrected chi connectivity index (χ1v) is 8.69. The molecule has 0 fully saturated rings. The third kappa shape index (κ3) is 5.61. The summed E-state index contributed by atoms with van der Waals surface area (Å²) in [4.78, 5) is 4.45. The van der Waals surface area contributed by atoms with Crippen molar-refractivity contribution in [3.05, 3.63) is 16.1 Å². The number of nitrogens with zero attached hydrogens (tertiary/aromatic N) is 1. The SMILES string of the molecule is CCNC(CCCS(C)(=O)=O)c1csc(C)n1. The minimum Gasteiger partial charge on any atom is -0.309 e. The number of hydrogen-bond donors (Lipinski definition) is 1. The van der Waals surface area contributed by atoms with Gasteiger partial charge in [0.2, 0.25) is 0 Å². The van der Waals surface area contributed by atoms with Crippen LogP contribution in [0, 0.1) is 6.92 Å². The van der Waals surface area contributed by atoms with E-state index in [2.05, 4.69) is 10.3 Å². The molecule has 0 spiro atoms. The Labute approximate surface area is 107 Å². The smallest absolute Gasteiger partial charge is 0.147 e. The summed E-state index contributed by atoms with van der Waals surface area (Å²) in [5.41, 5.74) is 1.03. The highest BCUT2D eigenvalue weighted by atomic mass is 32.2. The van der Waals surface area contributed by atoms with E-state index in [0.29, 0.717) is 6.42 Å². The van der Waals surface area contributed by atoms with E-state index in [4.69, 9.17) is 0 Å². The zero-order chi connectivity index (χ0) is 12.9. The lowest BCUT2D eigenvalue weighted by atomic mass is 10.1. The monoisotopic (exact) mass is 276 g/mol. The largest absolute Gasteiger partial charge is 0.309 e. The second-order valence-electron chi connectivity index (χ2n) is 4.17. The second kappa shape index (κ2) is 6.47. The maximum absolute atomic E-state index is 11.1. The first-order valence-electron chi connectivity index (χ1n) is 5.75. The summed E-state index contributed by atoms with van der Waals surface area (Å²) >= 11 is 1.63. The van der Waals surface area contributed by atoms with E-state index < -0.39 is 9.84 Å². The molecule has 0 aliphatic carbocycles. The summed E-state index contributed by atoms with van der Waals surface area (Å²) < 4.78 is 22.2. The Balaban J connectivity index is 2.55. The molecule has 0 radical (unpaired) electrons. The zero-order valence-electron chi connectivity index (χ0n) is 10.6. The van der Waals surface area contributed by atoms with Crippen molar-refractivity contribution in [3.63, 3.8) is 0 Å². The van der Waals surface area contributed by atoms with Crippen LogP contribution in [0.3, 0.4) is 0 Å². The predicted octanol–water partition coefficient (Wildman–Crippen LogP) is 1.93. The molecule has 0 aromatic carbocycles. The number of aryl methyl sites for hydroxylation is 1. The molecule has 6 heteroatoms. The van der Waals surface area contributed by atoms with Gasteiger partial charge in [-0.25, -0.2) is 13.4 Å². The maximum Gasteiger partial charge on any atom is 0.147 e. The molecule has 1 unspecified atom stereocenters. The van der Waals surface area contributed by atoms with E-state index in [1.807, 2.05) is 19.2 Å². The van der Waals surface area contributed by atoms with Crippen molar-refractivity contribution in [1.82, 2.24) is 10.3 Å². The Morgan fingerprint density at radius 1 is 1.53 bits per heavy atom. The van der Waals surface area contributed by atoms with Gasteiger partial charge in [-0.15, -0.1) is 11.3 Å². The molecule has 0 aliphatic rings. The first-order chi connectivity index (χ1) is 7.92. The standard InChI is InChI=1S/C11H20N2O2S2/c1-4-12-10(6-5-7-17(3,14)15)11-8-16-9(2)13-11/h8,10,12H,4-7H2,1-3H3. The molecule has 0 saturated heterocycles. The Bertz CT molecular complexity index is 440. The highest BCUT2D eigenvalue weighted by Crippen LogP contribution is 2.20. The van der Waals surface area contributed by atoms with Gasteiger partial charge in [-0.05, 0) is 26.3 Å². The molecule has 0 aliphatic heterocycles. The van der Waals surface area contributed by atoms with Gasteiger partial charge in [0.15, 0.2) is 0 Å². The number of hydrogen-bond acceptors (Lipinski definition) is 5. The maximum atomic E-state index is 11.1. The Morgan fingerprint density at radius 2 is 2.24 bits per heavy atom. The van der Waals surface area contributed by atoms with Crippen LogP contribution in [0.4, 0.5) is 0 Å². The van der Waals surface area contributed by atoms with Crippen LogP contribution in [0.2, 0.25) is 0 Å². The van der Waals surface area contributed by atoms with Gasteiger partial charge in [-0.2, -0.15) is 0 Å². The summed E-state index contributed by atoms with van der Waals surface area (Å²) in [5.74, 6) is 0.248. The van der Waals surface area contributed by atoms with E-state index in [9.17, 15) is 8.42 Å². The third-order valence-electron chi connectivity index (χ3n) is 2.45. The number of thiazole rings is 1. The van der Waals surface area contributed by atoms with Gasteiger partial charge in [0.1, 0.15) is 9.84 Å². The van der Waals surface area contributed by atoms with Gasteiger partial charge in [0.05, 0.1) is 16.7 Å². The first kappa shape index (κ1) is 14.6. The molecule has 1 N–H and O–H groups in total. The van der Waals surface area contributed by atoms with Crippen LogP contribution in [0.15, 0.2) is 5.38 Å². The fourth-order valence-corrected chi connectivity index (χ4v) is 3.05. The van der Waals surface area contributed by atoms with E-state index in [1.54, 1.807) is 11.3 Å². The highest BCUT2D eigenvalue weighted by molar-refractivity contribution is 7.90. The van der Waals surface area contributed by atoms with E-state index in [-0.39, 0.29) is 11.8 Å². The minimum atomic E-state index is -2.86. The molecule has 17 heavy (non-hydrogen) atoms. The lowest BCUT2D eigenvalue weighted by Crippen LogP contribution is -2.22. The lowest BCUT2D eigenvalue weighted by molar-refractivity contribution is 0.498. The Hall–Kier alpha value is -0.460. The molecule has 0 bridgehead atoms. The van der Waals surface area contributed by atoms with Crippen molar-refractivity contribution in [1.29, 1.82) is 0 Å². The average Bonchev–Trinajstić information content (AvgIpc) is 2.62. The van der Waals surface area contributed by atoms with Crippen LogP contribution in [0.1, 0.15) is 36.5 Å². The van der Waals surface area contributed by atoms with E-state index in [0.717, 1.165) is 23.7 Å². The van der Waals surface area contributed by atoms with Crippen molar-refractivity contribution >= 4 is 21.2 Å². The van der Waals surface area contributed by atoms with Crippen molar-refractivity contribution in [3.8, 4) is 0 Å². The second-order valence-corrected chi connectivity index (χ2v) is 7.50. The summed E-state index contributed by atoms with van der Waals surface area (Å²) in [5, 5.41) is 6.44. The lowest BCUT2D eigenvalue weighted by Gasteiger charge is -2.15. The van der Waals surface area contributed by atoms with Crippen LogP contribution < -0.4 is 5.32 Å². The molecule has 0 amide bonds. The quantitative estimate of drug-likeness (QED) is 0.826. The van der Waals surface area contributed by atoms with Crippen molar-refractivity contribution < 1.29 is 8.42 Å². The fraction of sp³-hybridized carbons (Fsp3) is 0.727. The molecule has 1 aromatic heterocycles. The molecule has 0 saturated carbocycles. The number of aromatic nitrogens is 1. The van der Waals surface area contributed by atoms with Crippen molar-refractivity contribution in [2.75, 3.05) is 18.6 Å². The minimum absolute atomic E-state index is 0.173. The molecule has 1 heterocycles. The predicted molar refractivity (Wildman–Crippen MR) is 72.2 cm³/mol. The normalized spacial score (nSPS) is 13.8. The van der Waals surface area contributed by atoms with Gasteiger partial charge < -0.3 is 5.32 Å². The Morgan fingerprint density at radius 3 is 2.71 bits per heavy atom. The molecular weight excluding hydrogens is 256 g/mol. The molecule has 1 atom stereocenters. The summed E-state index contributed by atoms with van der Waals surface area (Å²) in [6.07, 6.45) is 2.76. The van der Waals surface area contributed by atoms with Crippen LogP contribution >= 0.6 is 11.3 Å². The van der Waals surface area contributed by atoms with Gasteiger partial charge >= 0.3 is 0 Å². The van der Waals surface area contributed by atoms with Crippen LogP contribution in [-0.4, -0.2) is 32.0 Å². The summed E-state index contributed by atoms with van der Waals surface area (Å²) in [6, 6.07) is 0.173. The summed E-state index contributed by atoms with van der Waals surface area (Å²) in [6.45, 7) is 4.89. The molecule has 1 aromatic rings. The van der Waals surface area contributed by atoms with Gasteiger partial charge in [-0.1, -0.05) is 6.92 Å². The fourth-order valence-electron chi connectivity index (χ4n) is 1.69. The van der Waals surface area contributed by atoms with Gasteiger partial charge in [0.25, 0.3) is 0 Å². The number of sulfone groups is 1. The van der Waals surface area contributed by atoms with Crippen LogP contribution in [0.25, 0.3) is 0 Å². The topological polar surface area (TPSA) is 59.1 Å². The van der Waals surface area contributed by atoms with Gasteiger partial charge in [0, 0.05) is 17.4 Å². The van der Waals surface area contributed by atoms with E-state index in [1.165, 1.54) is 6.26 Å². The molecule has 1 rings (SSSR count). The average molecular weight is 276 g/mol. The van der Waals surface area contributed by atoms with Crippen LogP contribution in [0.5, 0.6) is 0 Å². The Kier molecular flexibility index (Phi) is 5.55. The molecule has 4 nitrogen and oxygen atoms in total. The third-order valence-corrected chi connectivity index (χ3v) is 4.27. The number of rotatable bonds is 7. The van der Waals surface area contributed by atoms with Crippen molar-refractivity contribution in [2.24, 2.45) is 0 Å². The number of nitrogens with one attached hydrogen (secondary N) is 1. The highest BCUT2D eigenvalue weighted by Gasteiger charge is 2.14.